The van der Waals surface area contributed by atoms with Crippen LogP contribution in [0.15, 0.2) is 42.5 Å². The van der Waals surface area contributed by atoms with Gasteiger partial charge in [0.25, 0.3) is 0 Å². The van der Waals surface area contributed by atoms with E-state index in [4.69, 9.17) is 9.84 Å². The van der Waals surface area contributed by atoms with E-state index in [0.29, 0.717) is 18.4 Å². The Morgan fingerprint density at radius 3 is 2.47 bits per heavy atom. The highest BCUT2D eigenvalue weighted by molar-refractivity contribution is 5.89. The minimum absolute atomic E-state index is 0.126. The zero-order valence-electron chi connectivity index (χ0n) is 9.39. The summed E-state index contributed by atoms with van der Waals surface area (Å²) < 4.78 is 4.99. The van der Waals surface area contributed by atoms with Crippen LogP contribution in [0.3, 0.4) is 0 Å². The molecule has 0 aliphatic carbocycles. The van der Waals surface area contributed by atoms with Gasteiger partial charge in [-0.3, -0.25) is 0 Å². The number of aliphatic carboxylic acids is 1. The molecule has 0 atom stereocenters. The van der Waals surface area contributed by atoms with E-state index in [0.717, 1.165) is 0 Å². The van der Waals surface area contributed by atoms with Crippen molar-refractivity contribution >= 4 is 11.9 Å². The maximum absolute atomic E-state index is 11.5. The second-order valence-electron chi connectivity index (χ2n) is 3.51. The Labute approximate surface area is 99.5 Å². The molecule has 0 aliphatic rings. The van der Waals surface area contributed by atoms with E-state index >= 15 is 0 Å². The van der Waals surface area contributed by atoms with Crippen LogP contribution in [0.2, 0.25) is 0 Å². The number of carbonyl (C=O) groups excluding carboxylic acids is 1. The minimum Gasteiger partial charge on any atom is -0.478 e. The van der Waals surface area contributed by atoms with Gasteiger partial charge >= 0.3 is 11.9 Å². The van der Waals surface area contributed by atoms with Crippen LogP contribution in [0.4, 0.5) is 0 Å². The number of carboxylic acids is 1. The Balaban J connectivity index is 2.26. The first-order chi connectivity index (χ1) is 8.11. The third-order valence-electron chi connectivity index (χ3n) is 2.17. The molecular weight excluding hydrogens is 220 g/mol. The van der Waals surface area contributed by atoms with E-state index in [1.165, 1.54) is 0 Å². The summed E-state index contributed by atoms with van der Waals surface area (Å²) in [6.07, 6.45) is 0.779. The van der Waals surface area contributed by atoms with Crippen molar-refractivity contribution in [2.75, 3.05) is 6.61 Å². The molecule has 4 nitrogen and oxygen atoms in total. The van der Waals surface area contributed by atoms with Crippen molar-refractivity contribution in [2.45, 2.75) is 12.8 Å². The Kier molecular flexibility index (Phi) is 4.94. The lowest BCUT2D eigenvalue weighted by atomic mass is 10.2. The molecule has 0 unspecified atom stereocenters. The minimum atomic E-state index is -1.01. The third-order valence-corrected chi connectivity index (χ3v) is 2.17. The molecule has 0 amide bonds. The van der Waals surface area contributed by atoms with Crippen molar-refractivity contribution < 1.29 is 19.4 Å². The van der Waals surface area contributed by atoms with Gasteiger partial charge in [-0.1, -0.05) is 24.8 Å². The Morgan fingerprint density at radius 1 is 1.24 bits per heavy atom. The second-order valence-corrected chi connectivity index (χ2v) is 3.51. The van der Waals surface area contributed by atoms with Crippen LogP contribution in [0, 0.1) is 0 Å². The van der Waals surface area contributed by atoms with Crippen LogP contribution in [0.5, 0.6) is 0 Å². The number of hydrogen-bond donors (Lipinski definition) is 1. The second kappa shape index (κ2) is 6.48. The quantitative estimate of drug-likeness (QED) is 0.466. The third kappa shape index (κ3) is 4.51. The van der Waals surface area contributed by atoms with Crippen LogP contribution in [-0.4, -0.2) is 23.7 Å². The molecule has 0 radical (unpaired) electrons. The zero-order chi connectivity index (χ0) is 12.7. The fourth-order valence-electron chi connectivity index (χ4n) is 1.21. The SMILES string of the molecule is C=C(CCCOC(=O)c1ccccc1)C(=O)O. The molecule has 1 aromatic carbocycles. The normalized spacial score (nSPS) is 9.65. The summed E-state index contributed by atoms with van der Waals surface area (Å²) in [5, 5.41) is 8.56. The number of hydrogen-bond acceptors (Lipinski definition) is 3. The maximum atomic E-state index is 11.5. The van der Waals surface area contributed by atoms with Crippen LogP contribution >= 0.6 is 0 Å². The summed E-state index contributed by atoms with van der Waals surface area (Å²) in [6.45, 7) is 3.58. The lowest BCUT2D eigenvalue weighted by Gasteiger charge is -2.04. The molecule has 1 N–H and O–H groups in total. The molecule has 0 bridgehead atoms. The summed E-state index contributed by atoms with van der Waals surface area (Å²) in [5.41, 5.74) is 0.616. The first kappa shape index (κ1) is 13.0. The predicted molar refractivity (Wildman–Crippen MR) is 62.7 cm³/mol. The van der Waals surface area contributed by atoms with E-state index < -0.39 is 11.9 Å². The number of carbonyl (C=O) groups is 2. The largest absolute Gasteiger partial charge is 0.478 e. The average Bonchev–Trinajstić information content (AvgIpc) is 2.35. The van der Waals surface area contributed by atoms with Gasteiger partial charge in [-0.25, -0.2) is 9.59 Å². The molecule has 4 heteroatoms. The number of rotatable bonds is 6. The molecule has 0 saturated carbocycles. The Morgan fingerprint density at radius 2 is 1.88 bits per heavy atom. The molecule has 1 aromatic rings. The van der Waals surface area contributed by atoms with Crippen LogP contribution in [-0.2, 0) is 9.53 Å². The number of benzene rings is 1. The van der Waals surface area contributed by atoms with Gasteiger partial charge < -0.3 is 9.84 Å². The molecule has 0 aliphatic heterocycles. The van der Waals surface area contributed by atoms with Crippen molar-refractivity contribution in [3.05, 3.63) is 48.0 Å². The van der Waals surface area contributed by atoms with Crippen LogP contribution < -0.4 is 0 Å². The highest BCUT2D eigenvalue weighted by atomic mass is 16.5. The summed E-state index contributed by atoms with van der Waals surface area (Å²) in [6, 6.07) is 8.65. The van der Waals surface area contributed by atoms with Gasteiger partial charge in [0.2, 0.25) is 0 Å². The fraction of sp³-hybridized carbons (Fsp3) is 0.231. The molecule has 0 heterocycles. The molecule has 0 spiro atoms. The van der Waals surface area contributed by atoms with E-state index in [-0.39, 0.29) is 12.2 Å². The highest BCUT2D eigenvalue weighted by Gasteiger charge is 2.07. The van der Waals surface area contributed by atoms with E-state index in [2.05, 4.69) is 6.58 Å². The summed E-state index contributed by atoms with van der Waals surface area (Å²) >= 11 is 0. The van der Waals surface area contributed by atoms with Crippen molar-refractivity contribution in [2.24, 2.45) is 0 Å². The first-order valence-electron chi connectivity index (χ1n) is 5.24. The van der Waals surface area contributed by atoms with Crippen molar-refractivity contribution in [1.82, 2.24) is 0 Å². The van der Waals surface area contributed by atoms with Gasteiger partial charge in [0.1, 0.15) is 0 Å². The smallest absolute Gasteiger partial charge is 0.338 e. The first-order valence-corrected chi connectivity index (χ1v) is 5.24. The maximum Gasteiger partial charge on any atom is 0.338 e. The highest BCUT2D eigenvalue weighted by Crippen LogP contribution is 2.05. The fourth-order valence-corrected chi connectivity index (χ4v) is 1.21. The summed E-state index contributed by atoms with van der Waals surface area (Å²) in [4.78, 5) is 21.9. The van der Waals surface area contributed by atoms with Gasteiger partial charge in [-0.2, -0.15) is 0 Å². The molecule has 17 heavy (non-hydrogen) atoms. The van der Waals surface area contributed by atoms with Crippen LogP contribution in [0.25, 0.3) is 0 Å². The molecule has 0 aromatic heterocycles. The van der Waals surface area contributed by atoms with E-state index in [1.807, 2.05) is 6.07 Å². The van der Waals surface area contributed by atoms with Crippen molar-refractivity contribution in [3.8, 4) is 0 Å². The molecule has 90 valence electrons. The van der Waals surface area contributed by atoms with Gasteiger partial charge in [-0.15, -0.1) is 0 Å². The molecular formula is C13H14O4. The van der Waals surface area contributed by atoms with Gasteiger partial charge in [0.15, 0.2) is 0 Å². The average molecular weight is 234 g/mol. The van der Waals surface area contributed by atoms with Gasteiger partial charge in [0, 0.05) is 5.57 Å². The standard InChI is InChI=1S/C13H14O4/c1-10(12(14)15)6-5-9-17-13(16)11-7-3-2-4-8-11/h2-4,7-8H,1,5-6,9H2,(H,14,15). The van der Waals surface area contributed by atoms with Crippen LogP contribution in [0.1, 0.15) is 23.2 Å². The predicted octanol–water partition coefficient (Wildman–Crippen LogP) is 2.26. The number of esters is 1. The van der Waals surface area contributed by atoms with E-state index in [1.54, 1.807) is 24.3 Å². The molecule has 0 saturated heterocycles. The summed E-state index contributed by atoms with van der Waals surface area (Å²) in [7, 11) is 0. The van der Waals surface area contributed by atoms with Crippen molar-refractivity contribution in [3.63, 3.8) is 0 Å². The Hall–Kier alpha value is -2.10. The lowest BCUT2D eigenvalue weighted by Crippen LogP contribution is -2.07. The lowest BCUT2D eigenvalue weighted by molar-refractivity contribution is -0.132. The molecule has 0 fully saturated rings. The Bertz CT molecular complexity index is 409. The van der Waals surface area contributed by atoms with Crippen molar-refractivity contribution in [1.29, 1.82) is 0 Å². The van der Waals surface area contributed by atoms with Gasteiger partial charge in [0.05, 0.1) is 12.2 Å². The van der Waals surface area contributed by atoms with Gasteiger partial charge in [-0.05, 0) is 25.0 Å². The van der Waals surface area contributed by atoms with E-state index in [9.17, 15) is 9.59 Å². The number of ether oxygens (including phenoxy) is 1. The summed E-state index contributed by atoms with van der Waals surface area (Å²) in [5.74, 6) is -1.41. The topological polar surface area (TPSA) is 63.6 Å². The molecule has 1 rings (SSSR count). The monoisotopic (exact) mass is 234 g/mol. The number of carboxylic acid groups (broad SMARTS) is 1. The zero-order valence-corrected chi connectivity index (χ0v) is 9.39.